The molecule has 0 unspecified atom stereocenters. The van der Waals surface area contributed by atoms with Crippen molar-refractivity contribution < 1.29 is 16.8 Å². The molecule has 1 aliphatic carbocycles. The molecule has 6 nitrogen and oxygen atoms in total. The van der Waals surface area contributed by atoms with Gasteiger partial charge in [0.2, 0.25) is 19.9 Å². The second kappa shape index (κ2) is 10.7. The summed E-state index contributed by atoms with van der Waals surface area (Å²) in [6.07, 6.45) is 2.72. The van der Waals surface area contributed by atoms with Crippen molar-refractivity contribution in [2.75, 3.05) is 6.54 Å². The van der Waals surface area contributed by atoms with Crippen molar-refractivity contribution >= 4 is 55.2 Å². The van der Waals surface area contributed by atoms with Gasteiger partial charge < -0.3 is 5.73 Å². The average molecular weight is 562 g/mol. The molecule has 0 bridgehead atoms. The number of sulfone groups is 1. The molecule has 0 aliphatic heterocycles. The van der Waals surface area contributed by atoms with Crippen molar-refractivity contribution in [2.45, 2.75) is 50.5 Å². The molecule has 1 saturated carbocycles. The topological polar surface area (TPSA) is 106 Å². The Labute approximate surface area is 215 Å². The smallest absolute Gasteiger partial charge is 0.250 e. The van der Waals surface area contributed by atoms with E-state index in [1.807, 2.05) is 24.3 Å². The van der Waals surface area contributed by atoms with E-state index in [-0.39, 0.29) is 37.2 Å². The molecule has 4 rings (SSSR count). The molecular weight excluding hydrogens is 535 g/mol. The second-order valence-corrected chi connectivity index (χ2v) is 13.9. The first-order valence-corrected chi connectivity index (χ1v) is 14.7. The molecule has 0 spiro atoms. The van der Waals surface area contributed by atoms with Crippen LogP contribution in [0.1, 0.15) is 31.2 Å². The van der Waals surface area contributed by atoms with E-state index in [9.17, 15) is 16.8 Å². The van der Waals surface area contributed by atoms with Gasteiger partial charge in [-0.3, -0.25) is 0 Å². The fourth-order valence-corrected chi connectivity index (χ4v) is 9.00. The normalized spacial score (nSPS) is 21.1. The van der Waals surface area contributed by atoms with Crippen LogP contribution in [0.4, 0.5) is 0 Å². The third kappa shape index (κ3) is 5.51. The van der Waals surface area contributed by atoms with Crippen molar-refractivity contribution in [1.29, 1.82) is 0 Å². The molecule has 0 amide bonds. The van der Waals surface area contributed by atoms with Crippen molar-refractivity contribution in [3.63, 3.8) is 0 Å². The molecule has 0 atom stereocenters. The maximum absolute atomic E-state index is 13.0. The zero-order valence-corrected chi connectivity index (χ0v) is 22.2. The van der Waals surface area contributed by atoms with Crippen molar-refractivity contribution in [3.8, 4) is 0 Å². The van der Waals surface area contributed by atoms with Crippen LogP contribution in [0.3, 0.4) is 0 Å². The van der Waals surface area contributed by atoms with Crippen LogP contribution in [-0.4, -0.2) is 29.4 Å². The Morgan fingerprint density at radius 3 is 2.21 bits per heavy atom. The number of halogens is 2. The van der Waals surface area contributed by atoms with Crippen LogP contribution in [0.15, 0.2) is 80.0 Å². The number of nitrogens with two attached hydrogens (primary N) is 1. The van der Waals surface area contributed by atoms with Crippen molar-refractivity contribution in [3.05, 3.63) is 77.3 Å². The lowest BCUT2D eigenvalue weighted by Crippen LogP contribution is -2.45. The van der Waals surface area contributed by atoms with Crippen LogP contribution in [0.5, 0.6) is 0 Å². The van der Waals surface area contributed by atoms with Gasteiger partial charge in [-0.05, 0) is 67.6 Å². The Morgan fingerprint density at radius 2 is 1.59 bits per heavy atom. The van der Waals surface area contributed by atoms with Crippen molar-refractivity contribution in [2.24, 2.45) is 5.73 Å². The van der Waals surface area contributed by atoms with E-state index >= 15 is 0 Å². The monoisotopic (exact) mass is 560 g/mol. The van der Waals surface area contributed by atoms with Crippen LogP contribution >= 0.6 is 35.3 Å². The molecular formula is C23H26Cl2N2O4S3. The first-order valence-electron chi connectivity index (χ1n) is 10.5. The van der Waals surface area contributed by atoms with Crippen LogP contribution in [0.2, 0.25) is 5.02 Å². The van der Waals surface area contributed by atoms with Gasteiger partial charge in [-0.1, -0.05) is 41.9 Å². The van der Waals surface area contributed by atoms with Gasteiger partial charge in [-0.15, -0.1) is 23.7 Å². The van der Waals surface area contributed by atoms with Gasteiger partial charge in [0.25, 0.3) is 0 Å². The summed E-state index contributed by atoms with van der Waals surface area (Å²) < 4.78 is 54.3. The van der Waals surface area contributed by atoms with E-state index < -0.39 is 19.9 Å². The molecule has 34 heavy (non-hydrogen) atoms. The quantitative estimate of drug-likeness (QED) is 0.432. The average Bonchev–Trinajstić information content (AvgIpc) is 3.33. The number of nitrogens with one attached hydrogen (secondary N) is 1. The Hall–Kier alpha value is -1.46. The van der Waals surface area contributed by atoms with Crippen LogP contribution in [-0.2, 0) is 25.3 Å². The molecule has 2 aromatic carbocycles. The number of benzene rings is 2. The Bertz CT molecular complexity index is 1340. The van der Waals surface area contributed by atoms with Gasteiger partial charge in [0, 0.05) is 23.0 Å². The van der Waals surface area contributed by atoms with E-state index in [0.29, 0.717) is 24.4 Å². The maximum atomic E-state index is 13.0. The minimum Gasteiger partial charge on any atom is -0.330 e. The minimum absolute atomic E-state index is 0. The SMILES string of the molecule is Cl.NCC1(c2cccc(Cl)c2)CCC(NS(=O)(=O)c2ccc(S(=O)(=O)c3ccccc3)s2)CC1. The van der Waals surface area contributed by atoms with E-state index in [0.717, 1.165) is 29.7 Å². The first kappa shape index (κ1) is 27.1. The maximum Gasteiger partial charge on any atom is 0.250 e. The zero-order chi connectivity index (χ0) is 23.7. The summed E-state index contributed by atoms with van der Waals surface area (Å²) in [5.74, 6) is 0. The molecule has 1 heterocycles. The predicted octanol–water partition coefficient (Wildman–Crippen LogP) is 4.77. The summed E-state index contributed by atoms with van der Waals surface area (Å²) in [5.41, 5.74) is 6.99. The summed E-state index contributed by atoms with van der Waals surface area (Å²) >= 11 is 6.93. The Morgan fingerprint density at radius 1 is 0.941 bits per heavy atom. The lowest BCUT2D eigenvalue weighted by molar-refractivity contribution is 0.267. The van der Waals surface area contributed by atoms with Gasteiger partial charge in [0.1, 0.15) is 8.42 Å². The highest BCUT2D eigenvalue weighted by Crippen LogP contribution is 2.40. The Kier molecular flexibility index (Phi) is 8.50. The summed E-state index contributed by atoms with van der Waals surface area (Å²) in [6, 6.07) is 18.1. The van der Waals surface area contributed by atoms with Gasteiger partial charge in [-0.25, -0.2) is 21.6 Å². The molecule has 0 saturated heterocycles. The van der Waals surface area contributed by atoms with Crippen LogP contribution in [0, 0.1) is 0 Å². The second-order valence-electron chi connectivity index (χ2n) is 8.28. The molecule has 11 heteroatoms. The van der Waals surface area contributed by atoms with E-state index in [1.54, 1.807) is 18.2 Å². The molecule has 184 valence electrons. The minimum atomic E-state index is -3.85. The zero-order valence-electron chi connectivity index (χ0n) is 18.2. The lowest BCUT2D eigenvalue weighted by Gasteiger charge is -2.40. The standard InChI is InChI=1S/C23H25ClN2O4S3.ClH/c24-18-6-4-5-17(15-18)23(16-25)13-11-19(12-14-23)26-33(29,30)22-10-9-21(31-22)32(27,28)20-7-2-1-3-8-20;/h1-10,15,19,26H,11-14,16,25H2;1H. The number of thiophene rings is 1. The summed E-state index contributed by atoms with van der Waals surface area (Å²) in [7, 11) is -7.61. The highest BCUT2D eigenvalue weighted by atomic mass is 35.5. The van der Waals surface area contributed by atoms with E-state index in [1.165, 1.54) is 24.3 Å². The number of hydrogen-bond acceptors (Lipinski definition) is 6. The number of rotatable bonds is 7. The molecule has 3 aromatic rings. The highest BCUT2D eigenvalue weighted by molar-refractivity contribution is 7.95. The van der Waals surface area contributed by atoms with Gasteiger partial charge >= 0.3 is 0 Å². The summed E-state index contributed by atoms with van der Waals surface area (Å²) in [6.45, 7) is 0.457. The predicted molar refractivity (Wildman–Crippen MR) is 138 cm³/mol. The largest absolute Gasteiger partial charge is 0.330 e. The third-order valence-corrected chi connectivity index (χ3v) is 11.8. The van der Waals surface area contributed by atoms with Gasteiger partial charge in [0.15, 0.2) is 0 Å². The Balaban J connectivity index is 0.00000324. The fraction of sp³-hybridized carbons (Fsp3) is 0.304. The van der Waals surface area contributed by atoms with Gasteiger partial charge in [-0.2, -0.15) is 0 Å². The lowest BCUT2D eigenvalue weighted by atomic mass is 9.68. The van der Waals surface area contributed by atoms with Gasteiger partial charge in [0.05, 0.1) is 4.90 Å². The van der Waals surface area contributed by atoms with E-state index in [2.05, 4.69) is 4.72 Å². The van der Waals surface area contributed by atoms with Crippen LogP contribution < -0.4 is 10.5 Å². The molecule has 0 radical (unpaired) electrons. The number of sulfonamides is 1. The summed E-state index contributed by atoms with van der Waals surface area (Å²) in [4.78, 5) is 0.134. The van der Waals surface area contributed by atoms with Crippen molar-refractivity contribution in [1.82, 2.24) is 4.72 Å². The molecule has 1 fully saturated rings. The molecule has 1 aliphatic rings. The number of hydrogen-bond donors (Lipinski definition) is 2. The highest BCUT2D eigenvalue weighted by Gasteiger charge is 2.37. The van der Waals surface area contributed by atoms with E-state index in [4.69, 9.17) is 17.3 Å². The fourth-order valence-electron chi connectivity index (χ4n) is 4.30. The summed E-state index contributed by atoms with van der Waals surface area (Å²) in [5, 5.41) is 0.655. The molecule has 3 N–H and O–H groups in total. The third-order valence-electron chi connectivity index (χ3n) is 6.23. The van der Waals surface area contributed by atoms with Crippen LogP contribution in [0.25, 0.3) is 0 Å². The first-order chi connectivity index (χ1) is 15.7. The molecule has 1 aromatic heterocycles.